The van der Waals surface area contributed by atoms with E-state index in [1.807, 2.05) is 0 Å². The summed E-state index contributed by atoms with van der Waals surface area (Å²) in [5, 5.41) is 16.5. The SMILES string of the molecule is Nc1c(Cl)cc([N+](=O)[O-])cc1C(=O)Nc1cnoc1. The lowest BCUT2D eigenvalue weighted by Crippen LogP contribution is -2.14. The van der Waals surface area contributed by atoms with Gasteiger partial charge >= 0.3 is 0 Å². The van der Waals surface area contributed by atoms with Crippen LogP contribution in [0.2, 0.25) is 5.02 Å². The van der Waals surface area contributed by atoms with E-state index in [4.69, 9.17) is 17.3 Å². The molecule has 1 aromatic heterocycles. The fraction of sp³-hybridized carbons (Fsp3) is 0. The fourth-order valence-corrected chi connectivity index (χ4v) is 1.58. The molecule has 2 rings (SSSR count). The second kappa shape index (κ2) is 4.94. The summed E-state index contributed by atoms with van der Waals surface area (Å²) in [7, 11) is 0. The van der Waals surface area contributed by atoms with Gasteiger partial charge in [-0.15, -0.1) is 0 Å². The van der Waals surface area contributed by atoms with Gasteiger partial charge in [-0.2, -0.15) is 0 Å². The average molecular weight is 283 g/mol. The van der Waals surface area contributed by atoms with Crippen molar-refractivity contribution in [1.29, 1.82) is 0 Å². The number of halogens is 1. The van der Waals surface area contributed by atoms with Crippen LogP contribution in [-0.2, 0) is 0 Å². The zero-order chi connectivity index (χ0) is 14.0. The molecule has 0 radical (unpaired) electrons. The predicted molar refractivity (Wildman–Crippen MR) is 67.0 cm³/mol. The topological polar surface area (TPSA) is 124 Å². The molecule has 0 unspecified atom stereocenters. The van der Waals surface area contributed by atoms with E-state index in [0.29, 0.717) is 5.69 Å². The van der Waals surface area contributed by atoms with Crippen molar-refractivity contribution in [2.45, 2.75) is 0 Å². The van der Waals surface area contributed by atoms with Crippen molar-refractivity contribution >= 4 is 34.6 Å². The molecule has 0 atom stereocenters. The Kier molecular flexibility index (Phi) is 3.34. The lowest BCUT2D eigenvalue weighted by atomic mass is 10.1. The van der Waals surface area contributed by atoms with E-state index in [2.05, 4.69) is 15.0 Å². The minimum absolute atomic E-state index is 0.0405. The summed E-state index contributed by atoms with van der Waals surface area (Å²) in [5.74, 6) is -0.647. The van der Waals surface area contributed by atoms with E-state index in [1.54, 1.807) is 0 Å². The van der Waals surface area contributed by atoms with Gasteiger partial charge in [-0.1, -0.05) is 16.8 Å². The van der Waals surface area contributed by atoms with Gasteiger partial charge in [-0.3, -0.25) is 14.9 Å². The van der Waals surface area contributed by atoms with Crippen LogP contribution in [0.5, 0.6) is 0 Å². The molecule has 0 spiro atoms. The van der Waals surface area contributed by atoms with Crippen molar-refractivity contribution in [3.05, 3.63) is 45.3 Å². The number of benzene rings is 1. The molecule has 0 saturated heterocycles. The molecule has 1 aromatic carbocycles. The zero-order valence-corrected chi connectivity index (χ0v) is 10.0. The highest BCUT2D eigenvalue weighted by Gasteiger charge is 2.19. The van der Waals surface area contributed by atoms with Crippen LogP contribution >= 0.6 is 11.6 Å². The van der Waals surface area contributed by atoms with E-state index in [0.717, 1.165) is 12.1 Å². The van der Waals surface area contributed by atoms with Crippen LogP contribution < -0.4 is 11.1 Å². The van der Waals surface area contributed by atoms with Gasteiger partial charge in [0.1, 0.15) is 12.0 Å². The van der Waals surface area contributed by atoms with Crippen LogP contribution in [0.3, 0.4) is 0 Å². The van der Waals surface area contributed by atoms with Crippen LogP contribution in [0.25, 0.3) is 0 Å². The minimum Gasteiger partial charge on any atom is -0.397 e. The van der Waals surface area contributed by atoms with Crippen LogP contribution in [0, 0.1) is 10.1 Å². The summed E-state index contributed by atoms with van der Waals surface area (Å²) in [4.78, 5) is 22.0. The molecule has 0 saturated carbocycles. The third-order valence-corrected chi connectivity index (χ3v) is 2.57. The second-order valence-electron chi connectivity index (χ2n) is 3.51. The number of anilines is 2. The highest BCUT2D eigenvalue weighted by Crippen LogP contribution is 2.29. The lowest BCUT2D eigenvalue weighted by Gasteiger charge is -2.07. The smallest absolute Gasteiger partial charge is 0.271 e. The largest absolute Gasteiger partial charge is 0.397 e. The van der Waals surface area contributed by atoms with Crippen LogP contribution in [0.1, 0.15) is 10.4 Å². The van der Waals surface area contributed by atoms with Crippen molar-refractivity contribution in [3.8, 4) is 0 Å². The van der Waals surface area contributed by atoms with Crippen molar-refractivity contribution in [2.75, 3.05) is 11.1 Å². The molecular weight excluding hydrogens is 276 g/mol. The standard InChI is InChI=1S/C10H7ClN4O4/c11-8-2-6(15(17)18)1-7(9(8)12)10(16)14-5-3-13-19-4-5/h1-4H,12H2,(H,14,16). The number of aromatic nitrogens is 1. The number of nitro groups is 1. The summed E-state index contributed by atoms with van der Waals surface area (Å²) in [6.45, 7) is 0. The molecule has 0 aliphatic carbocycles. The van der Waals surface area contributed by atoms with Gasteiger partial charge in [-0.05, 0) is 0 Å². The highest BCUT2D eigenvalue weighted by molar-refractivity contribution is 6.34. The molecule has 0 aliphatic heterocycles. The number of non-ortho nitro benzene ring substituents is 1. The Morgan fingerprint density at radius 1 is 1.53 bits per heavy atom. The summed E-state index contributed by atoms with van der Waals surface area (Å²) >= 11 is 5.75. The Morgan fingerprint density at radius 2 is 2.26 bits per heavy atom. The summed E-state index contributed by atoms with van der Waals surface area (Å²) in [5.41, 5.74) is 5.46. The van der Waals surface area contributed by atoms with Crippen molar-refractivity contribution in [3.63, 3.8) is 0 Å². The molecule has 8 nitrogen and oxygen atoms in total. The number of nitro benzene ring substituents is 1. The Labute approximate surface area is 111 Å². The number of carbonyl (C=O) groups is 1. The molecule has 3 N–H and O–H groups in total. The molecule has 9 heteroatoms. The monoisotopic (exact) mass is 282 g/mol. The molecule has 1 heterocycles. The van der Waals surface area contributed by atoms with Crippen molar-refractivity contribution < 1.29 is 14.2 Å². The van der Waals surface area contributed by atoms with E-state index >= 15 is 0 Å². The number of hydrogen-bond acceptors (Lipinski definition) is 6. The fourth-order valence-electron chi connectivity index (χ4n) is 1.36. The number of nitrogens with one attached hydrogen (secondary N) is 1. The summed E-state index contributed by atoms with van der Waals surface area (Å²) in [6, 6.07) is 2.12. The third kappa shape index (κ3) is 2.63. The van der Waals surface area contributed by atoms with Gasteiger partial charge < -0.3 is 15.6 Å². The normalized spacial score (nSPS) is 10.2. The van der Waals surface area contributed by atoms with Crippen molar-refractivity contribution in [1.82, 2.24) is 5.16 Å². The van der Waals surface area contributed by atoms with Crippen LogP contribution in [-0.4, -0.2) is 16.0 Å². The van der Waals surface area contributed by atoms with E-state index in [-0.39, 0.29) is 22.0 Å². The number of amides is 1. The third-order valence-electron chi connectivity index (χ3n) is 2.26. The van der Waals surface area contributed by atoms with Gasteiger partial charge in [0.05, 0.1) is 27.4 Å². The quantitative estimate of drug-likeness (QED) is 0.504. The number of nitrogens with zero attached hydrogens (tertiary/aromatic N) is 2. The predicted octanol–water partition coefficient (Wildman–Crippen LogP) is 2.07. The maximum absolute atomic E-state index is 11.9. The molecule has 98 valence electrons. The molecular formula is C10H7ClN4O4. The number of rotatable bonds is 3. The number of nitrogen functional groups attached to an aromatic ring is 1. The highest BCUT2D eigenvalue weighted by atomic mass is 35.5. The van der Waals surface area contributed by atoms with E-state index in [9.17, 15) is 14.9 Å². The summed E-state index contributed by atoms with van der Waals surface area (Å²) in [6.07, 6.45) is 2.47. The Morgan fingerprint density at radius 3 is 2.84 bits per heavy atom. The Balaban J connectivity index is 2.38. The van der Waals surface area contributed by atoms with Gasteiger partial charge in [0, 0.05) is 12.1 Å². The number of hydrogen-bond donors (Lipinski definition) is 2. The second-order valence-corrected chi connectivity index (χ2v) is 3.92. The van der Waals surface area contributed by atoms with Gasteiger partial charge in [0.2, 0.25) is 0 Å². The molecule has 0 aliphatic rings. The molecule has 19 heavy (non-hydrogen) atoms. The molecule has 0 fully saturated rings. The van der Waals surface area contributed by atoms with Gasteiger partial charge in [-0.25, -0.2) is 0 Å². The first-order valence-corrected chi connectivity index (χ1v) is 5.31. The molecule has 0 bridgehead atoms. The molecule has 1 amide bonds. The van der Waals surface area contributed by atoms with E-state index in [1.165, 1.54) is 12.5 Å². The minimum atomic E-state index is -0.665. The number of nitrogens with two attached hydrogens (primary N) is 1. The van der Waals surface area contributed by atoms with Crippen molar-refractivity contribution in [2.24, 2.45) is 0 Å². The Bertz CT molecular complexity index is 641. The molecule has 2 aromatic rings. The zero-order valence-electron chi connectivity index (χ0n) is 9.29. The first-order chi connectivity index (χ1) is 8.99. The Hall–Kier alpha value is -2.61. The van der Waals surface area contributed by atoms with Gasteiger partial charge in [0.15, 0.2) is 0 Å². The lowest BCUT2D eigenvalue weighted by molar-refractivity contribution is -0.384. The van der Waals surface area contributed by atoms with Gasteiger partial charge in [0.25, 0.3) is 11.6 Å². The first-order valence-electron chi connectivity index (χ1n) is 4.93. The first kappa shape index (κ1) is 12.8. The maximum atomic E-state index is 11.9. The van der Waals surface area contributed by atoms with E-state index < -0.39 is 10.8 Å². The van der Waals surface area contributed by atoms with Crippen LogP contribution in [0.15, 0.2) is 29.1 Å². The summed E-state index contributed by atoms with van der Waals surface area (Å²) < 4.78 is 4.54. The van der Waals surface area contributed by atoms with Crippen LogP contribution in [0.4, 0.5) is 17.1 Å². The average Bonchev–Trinajstić information content (AvgIpc) is 2.84. The maximum Gasteiger partial charge on any atom is 0.271 e. The number of carbonyl (C=O) groups excluding carboxylic acids is 1.